The number of urea groups is 2. The highest BCUT2D eigenvalue weighted by Gasteiger charge is 2.46. The van der Waals surface area contributed by atoms with Crippen molar-refractivity contribution in [1.29, 1.82) is 0 Å². The molecule has 2 aromatic rings. The van der Waals surface area contributed by atoms with E-state index in [1.54, 1.807) is 0 Å². The molecule has 1 saturated heterocycles. The third kappa shape index (κ3) is 2.26. The molecule has 4 nitrogen and oxygen atoms in total. The summed E-state index contributed by atoms with van der Waals surface area (Å²) in [5.41, 5.74) is 5.38. The zero-order valence-electron chi connectivity index (χ0n) is 13.2. The Morgan fingerprint density at radius 2 is 0.818 bits per heavy atom. The van der Waals surface area contributed by atoms with Crippen molar-refractivity contribution < 1.29 is 9.59 Å². The van der Waals surface area contributed by atoms with Crippen molar-refractivity contribution in [2.75, 3.05) is 9.80 Å². The van der Waals surface area contributed by atoms with Crippen molar-refractivity contribution >= 4 is 23.4 Å². The molecule has 0 aliphatic carbocycles. The zero-order valence-corrected chi connectivity index (χ0v) is 13.2. The molecule has 0 bridgehead atoms. The lowest BCUT2D eigenvalue weighted by atomic mass is 10.1. The number of imide groups is 2. The number of carbonyl (C=O) groups excluding carboxylic acids is 2. The van der Waals surface area contributed by atoms with Gasteiger partial charge >= 0.3 is 12.1 Å². The van der Waals surface area contributed by atoms with E-state index in [1.165, 1.54) is 9.80 Å². The Hall–Kier alpha value is -2.62. The molecule has 0 atom stereocenters. The van der Waals surface area contributed by atoms with Crippen LogP contribution in [0.25, 0.3) is 0 Å². The van der Waals surface area contributed by atoms with Crippen molar-refractivity contribution in [2.45, 2.75) is 27.7 Å². The molecule has 2 aromatic carbocycles. The van der Waals surface area contributed by atoms with Crippen molar-refractivity contribution in [2.24, 2.45) is 0 Å². The molecule has 1 heterocycles. The fraction of sp³-hybridized carbons (Fsp3) is 0.222. The first-order valence-corrected chi connectivity index (χ1v) is 7.21. The molecule has 0 saturated carbocycles. The standard InChI is InChI=1S/C18H18N2O2/c1-11-5-12(2)8-15(7-11)19-17(21)20(18(19)22)16-9-13(3)6-14(4)10-16/h5-10H,1-4H3. The minimum atomic E-state index is -0.306. The molecule has 3 rings (SSSR count). The molecule has 0 N–H and O–H groups in total. The van der Waals surface area contributed by atoms with Crippen molar-refractivity contribution in [3.05, 3.63) is 58.7 Å². The molecule has 0 spiro atoms. The van der Waals surface area contributed by atoms with E-state index in [1.807, 2.05) is 64.1 Å². The predicted octanol–water partition coefficient (Wildman–Crippen LogP) is 4.49. The lowest BCUT2D eigenvalue weighted by molar-refractivity contribution is 0.226. The van der Waals surface area contributed by atoms with Crippen LogP contribution in [-0.2, 0) is 0 Å². The fourth-order valence-corrected chi connectivity index (χ4v) is 2.92. The number of anilines is 2. The first-order chi connectivity index (χ1) is 10.4. The Bertz CT molecular complexity index is 676. The topological polar surface area (TPSA) is 40.6 Å². The van der Waals surface area contributed by atoms with E-state index < -0.39 is 0 Å². The second-order valence-corrected chi connectivity index (χ2v) is 5.93. The van der Waals surface area contributed by atoms with Crippen LogP contribution < -0.4 is 9.80 Å². The molecular weight excluding hydrogens is 276 g/mol. The minimum Gasteiger partial charge on any atom is -0.246 e. The van der Waals surface area contributed by atoms with E-state index in [0.29, 0.717) is 11.4 Å². The molecule has 1 fully saturated rings. The Labute approximate surface area is 130 Å². The quantitative estimate of drug-likeness (QED) is 0.819. The van der Waals surface area contributed by atoms with Crippen LogP contribution in [0.2, 0.25) is 0 Å². The van der Waals surface area contributed by atoms with Crippen LogP contribution in [0.3, 0.4) is 0 Å². The maximum Gasteiger partial charge on any atom is 0.345 e. The van der Waals surface area contributed by atoms with E-state index in [9.17, 15) is 9.59 Å². The first-order valence-electron chi connectivity index (χ1n) is 7.21. The van der Waals surface area contributed by atoms with Gasteiger partial charge in [-0.15, -0.1) is 0 Å². The number of hydrogen-bond donors (Lipinski definition) is 0. The van der Waals surface area contributed by atoms with Gasteiger partial charge in [0.2, 0.25) is 0 Å². The number of carbonyl (C=O) groups is 2. The molecular formula is C18H18N2O2. The van der Waals surface area contributed by atoms with Gasteiger partial charge in [0.15, 0.2) is 0 Å². The lowest BCUT2D eigenvalue weighted by Crippen LogP contribution is -2.65. The maximum absolute atomic E-state index is 12.4. The van der Waals surface area contributed by atoms with Crippen LogP contribution in [0.15, 0.2) is 36.4 Å². The van der Waals surface area contributed by atoms with E-state index in [4.69, 9.17) is 0 Å². The van der Waals surface area contributed by atoms with Crippen LogP contribution in [0, 0.1) is 27.7 Å². The summed E-state index contributed by atoms with van der Waals surface area (Å²) >= 11 is 0. The van der Waals surface area contributed by atoms with Gasteiger partial charge in [-0.25, -0.2) is 19.4 Å². The van der Waals surface area contributed by atoms with Gasteiger partial charge in [-0.2, -0.15) is 0 Å². The highest BCUT2D eigenvalue weighted by molar-refractivity contribution is 6.41. The minimum absolute atomic E-state index is 0.306. The summed E-state index contributed by atoms with van der Waals surface area (Å²) in [6.07, 6.45) is 0. The van der Waals surface area contributed by atoms with Crippen LogP contribution in [0.4, 0.5) is 21.0 Å². The van der Waals surface area contributed by atoms with Crippen LogP contribution in [0.5, 0.6) is 0 Å². The van der Waals surface area contributed by atoms with Gasteiger partial charge in [0.05, 0.1) is 11.4 Å². The number of benzene rings is 2. The molecule has 0 aromatic heterocycles. The predicted molar refractivity (Wildman–Crippen MR) is 87.6 cm³/mol. The first kappa shape index (κ1) is 14.3. The smallest absolute Gasteiger partial charge is 0.246 e. The van der Waals surface area contributed by atoms with Crippen molar-refractivity contribution in [3.8, 4) is 0 Å². The van der Waals surface area contributed by atoms with Gasteiger partial charge in [0, 0.05) is 0 Å². The third-order valence-corrected chi connectivity index (χ3v) is 3.69. The van der Waals surface area contributed by atoms with Gasteiger partial charge in [-0.05, 0) is 74.2 Å². The molecule has 1 aliphatic rings. The molecule has 112 valence electrons. The summed E-state index contributed by atoms with van der Waals surface area (Å²) in [4.78, 5) is 27.3. The second-order valence-electron chi connectivity index (χ2n) is 5.93. The molecule has 0 unspecified atom stereocenters. The molecule has 4 amide bonds. The van der Waals surface area contributed by atoms with E-state index >= 15 is 0 Å². The Morgan fingerprint density at radius 1 is 0.545 bits per heavy atom. The van der Waals surface area contributed by atoms with Crippen LogP contribution >= 0.6 is 0 Å². The number of amides is 4. The number of nitrogens with zero attached hydrogens (tertiary/aromatic N) is 2. The van der Waals surface area contributed by atoms with Gasteiger partial charge in [-0.3, -0.25) is 0 Å². The van der Waals surface area contributed by atoms with Gasteiger partial charge < -0.3 is 0 Å². The second kappa shape index (κ2) is 4.98. The Kier molecular flexibility index (Phi) is 3.24. The highest BCUT2D eigenvalue weighted by atomic mass is 16.2. The Balaban J connectivity index is 1.94. The molecule has 4 heteroatoms. The summed E-state index contributed by atoms with van der Waals surface area (Å²) in [6, 6.07) is 10.8. The summed E-state index contributed by atoms with van der Waals surface area (Å²) in [5.74, 6) is 0. The van der Waals surface area contributed by atoms with Crippen LogP contribution in [-0.4, -0.2) is 12.1 Å². The molecule has 22 heavy (non-hydrogen) atoms. The third-order valence-electron chi connectivity index (χ3n) is 3.69. The number of rotatable bonds is 2. The summed E-state index contributed by atoms with van der Waals surface area (Å²) in [7, 11) is 0. The average molecular weight is 294 g/mol. The lowest BCUT2D eigenvalue weighted by Gasteiger charge is -2.39. The van der Waals surface area contributed by atoms with Gasteiger partial charge in [0.1, 0.15) is 0 Å². The molecule has 0 radical (unpaired) electrons. The largest absolute Gasteiger partial charge is 0.345 e. The van der Waals surface area contributed by atoms with Gasteiger partial charge in [-0.1, -0.05) is 12.1 Å². The van der Waals surface area contributed by atoms with Crippen LogP contribution in [0.1, 0.15) is 22.3 Å². The summed E-state index contributed by atoms with van der Waals surface area (Å²) in [6.45, 7) is 7.81. The highest BCUT2D eigenvalue weighted by Crippen LogP contribution is 2.32. The summed E-state index contributed by atoms with van der Waals surface area (Å²) in [5, 5.41) is 0. The van der Waals surface area contributed by atoms with E-state index in [2.05, 4.69) is 0 Å². The summed E-state index contributed by atoms with van der Waals surface area (Å²) < 4.78 is 0. The monoisotopic (exact) mass is 294 g/mol. The van der Waals surface area contributed by atoms with E-state index in [0.717, 1.165) is 22.3 Å². The van der Waals surface area contributed by atoms with E-state index in [-0.39, 0.29) is 12.1 Å². The zero-order chi connectivity index (χ0) is 16.0. The van der Waals surface area contributed by atoms with Crippen molar-refractivity contribution in [1.82, 2.24) is 0 Å². The normalized spacial score (nSPS) is 14.4. The van der Waals surface area contributed by atoms with Gasteiger partial charge in [0.25, 0.3) is 0 Å². The average Bonchev–Trinajstić information content (AvgIpc) is 2.36. The molecule has 1 aliphatic heterocycles. The fourth-order valence-electron chi connectivity index (χ4n) is 2.92. The maximum atomic E-state index is 12.4. The number of aryl methyl sites for hydroxylation is 4. The Morgan fingerprint density at radius 3 is 1.09 bits per heavy atom. The van der Waals surface area contributed by atoms with Crippen molar-refractivity contribution in [3.63, 3.8) is 0 Å². The number of hydrogen-bond acceptors (Lipinski definition) is 2. The SMILES string of the molecule is Cc1cc(C)cc(N2C(=O)N(c3cc(C)cc(C)c3)C2=O)c1.